The van der Waals surface area contributed by atoms with Crippen molar-refractivity contribution in [3.05, 3.63) is 71.8 Å². The van der Waals surface area contributed by atoms with E-state index < -0.39 is 12.0 Å². The molecule has 0 aromatic heterocycles. The summed E-state index contributed by atoms with van der Waals surface area (Å²) in [7, 11) is 0. The van der Waals surface area contributed by atoms with Gasteiger partial charge in [-0.2, -0.15) is 0 Å². The molecule has 0 heterocycles. The fourth-order valence-corrected chi connectivity index (χ4v) is 2.38. The van der Waals surface area contributed by atoms with Gasteiger partial charge in [-0.15, -0.1) is 0 Å². The molecule has 3 nitrogen and oxygen atoms in total. The smallest absolute Gasteiger partial charge is 0.251 e. The largest absolute Gasteiger partial charge is 0.342 e. The van der Waals surface area contributed by atoms with E-state index in [9.17, 15) is 9.59 Å². The molecule has 0 saturated heterocycles. The Morgan fingerprint density at radius 3 is 2.17 bits per heavy atom. The van der Waals surface area contributed by atoms with Crippen LogP contribution in [-0.2, 0) is 11.2 Å². The quantitative estimate of drug-likeness (QED) is 0.796. The van der Waals surface area contributed by atoms with E-state index in [1.54, 1.807) is 31.2 Å². The zero-order chi connectivity index (χ0) is 16.7. The van der Waals surface area contributed by atoms with E-state index in [-0.39, 0.29) is 11.7 Å². The highest BCUT2D eigenvalue weighted by molar-refractivity contribution is 7.79. The van der Waals surface area contributed by atoms with Crippen molar-refractivity contribution in [2.24, 2.45) is 5.92 Å². The van der Waals surface area contributed by atoms with Crippen molar-refractivity contribution >= 4 is 29.3 Å². The van der Waals surface area contributed by atoms with Gasteiger partial charge in [0, 0.05) is 10.9 Å². The van der Waals surface area contributed by atoms with E-state index in [2.05, 4.69) is 10.7 Å². The summed E-state index contributed by atoms with van der Waals surface area (Å²) in [6.45, 7) is 1.70. The third-order valence-electron chi connectivity index (χ3n) is 3.57. The summed E-state index contributed by atoms with van der Waals surface area (Å²) in [5.74, 6) is -0.903. The molecule has 0 spiro atoms. The number of ketones is 1. The molecule has 4 heteroatoms. The molecule has 0 aliphatic carbocycles. The Morgan fingerprint density at radius 1 is 1.04 bits per heavy atom. The number of amides is 1. The molecule has 2 aromatic carbocycles. The molecular weight excluding hydrogens is 306 g/mol. The molecule has 117 valence electrons. The molecular formula is C19H18NO2S. The maximum Gasteiger partial charge on any atom is 0.251 e. The molecule has 2 atom stereocenters. The fourth-order valence-electron chi connectivity index (χ4n) is 2.26. The van der Waals surface area contributed by atoms with Gasteiger partial charge in [-0.1, -0.05) is 67.7 Å². The molecule has 0 bridgehead atoms. The predicted molar refractivity (Wildman–Crippen MR) is 94.6 cm³/mol. The maximum atomic E-state index is 12.5. The van der Waals surface area contributed by atoms with E-state index in [1.165, 1.54) is 0 Å². The molecule has 0 aliphatic rings. The first-order chi connectivity index (χ1) is 11.1. The Kier molecular flexibility index (Phi) is 6.18. The van der Waals surface area contributed by atoms with Gasteiger partial charge in [0.25, 0.3) is 5.91 Å². The number of carbonyl (C=O) groups is 2. The molecule has 2 aromatic rings. The highest BCUT2D eigenvalue weighted by atomic mass is 32.1. The van der Waals surface area contributed by atoms with Gasteiger partial charge in [-0.3, -0.25) is 9.59 Å². The molecule has 1 amide bonds. The van der Waals surface area contributed by atoms with Crippen LogP contribution in [0.25, 0.3) is 0 Å². The van der Waals surface area contributed by atoms with Gasteiger partial charge in [-0.05, 0) is 24.1 Å². The molecule has 0 aliphatic heterocycles. The van der Waals surface area contributed by atoms with Gasteiger partial charge in [-0.25, -0.2) is 0 Å². The Hall–Kier alpha value is -2.33. The van der Waals surface area contributed by atoms with E-state index in [1.807, 2.05) is 36.4 Å². The number of Topliss-reactive ketones (excluding diaryl/α,β-unsaturated/α-hetero) is 1. The van der Waals surface area contributed by atoms with Crippen molar-refractivity contribution in [1.29, 1.82) is 0 Å². The lowest BCUT2D eigenvalue weighted by Crippen LogP contribution is -2.44. The lowest BCUT2D eigenvalue weighted by molar-refractivity contribution is -0.122. The molecule has 2 unspecified atom stereocenters. The van der Waals surface area contributed by atoms with Crippen molar-refractivity contribution in [2.75, 3.05) is 0 Å². The van der Waals surface area contributed by atoms with Gasteiger partial charge in [0.1, 0.15) is 0 Å². The van der Waals surface area contributed by atoms with Crippen LogP contribution in [-0.4, -0.2) is 23.1 Å². The number of carbonyl (C=O) groups excluding carboxylic acids is 2. The monoisotopic (exact) mass is 324 g/mol. The van der Waals surface area contributed by atoms with Crippen LogP contribution in [0.2, 0.25) is 0 Å². The van der Waals surface area contributed by atoms with Crippen LogP contribution in [0.1, 0.15) is 22.8 Å². The fraction of sp³-hybridized carbons (Fsp3) is 0.211. The van der Waals surface area contributed by atoms with E-state index >= 15 is 0 Å². The average molecular weight is 324 g/mol. The number of rotatable bonds is 7. The highest BCUT2D eigenvalue weighted by Gasteiger charge is 2.25. The van der Waals surface area contributed by atoms with Gasteiger partial charge in [0.2, 0.25) is 0 Å². The number of nitrogens with one attached hydrogen (secondary N) is 1. The number of hydrogen-bond donors (Lipinski definition) is 1. The summed E-state index contributed by atoms with van der Waals surface area (Å²) < 4.78 is 0. The first kappa shape index (κ1) is 17.0. The van der Waals surface area contributed by atoms with Gasteiger partial charge in [0.05, 0.1) is 12.0 Å². The normalized spacial score (nSPS) is 12.9. The minimum Gasteiger partial charge on any atom is -0.342 e. The lowest BCUT2D eigenvalue weighted by atomic mass is 9.95. The third kappa shape index (κ3) is 4.83. The minimum atomic E-state index is -0.629. The predicted octanol–water partition coefficient (Wildman–Crippen LogP) is 3.11. The van der Waals surface area contributed by atoms with E-state index in [0.717, 1.165) is 5.56 Å². The van der Waals surface area contributed by atoms with Crippen LogP contribution in [0.3, 0.4) is 0 Å². The van der Waals surface area contributed by atoms with Gasteiger partial charge < -0.3 is 5.32 Å². The van der Waals surface area contributed by atoms with E-state index in [0.29, 0.717) is 12.0 Å². The van der Waals surface area contributed by atoms with Crippen LogP contribution in [0.15, 0.2) is 60.7 Å². The number of benzene rings is 2. The molecule has 0 saturated carbocycles. The maximum absolute atomic E-state index is 12.5. The first-order valence-corrected chi connectivity index (χ1v) is 7.84. The summed E-state index contributed by atoms with van der Waals surface area (Å²) in [6, 6.07) is 17.8. The van der Waals surface area contributed by atoms with Crippen molar-refractivity contribution in [1.82, 2.24) is 5.32 Å². The topological polar surface area (TPSA) is 46.2 Å². The van der Waals surface area contributed by atoms with Crippen LogP contribution in [0.5, 0.6) is 0 Å². The Morgan fingerprint density at radius 2 is 1.61 bits per heavy atom. The molecule has 1 radical (unpaired) electrons. The van der Waals surface area contributed by atoms with Crippen molar-refractivity contribution in [3.8, 4) is 0 Å². The van der Waals surface area contributed by atoms with Crippen LogP contribution >= 0.6 is 12.2 Å². The third-order valence-corrected chi connectivity index (χ3v) is 3.92. The molecule has 2 rings (SSSR count). The number of thiocarbonyl (C=S) groups is 1. The Bertz CT molecular complexity index is 670. The first-order valence-electron chi connectivity index (χ1n) is 7.43. The van der Waals surface area contributed by atoms with Crippen molar-refractivity contribution in [3.63, 3.8) is 0 Å². The van der Waals surface area contributed by atoms with Crippen molar-refractivity contribution < 1.29 is 9.59 Å². The van der Waals surface area contributed by atoms with Crippen LogP contribution < -0.4 is 5.32 Å². The summed E-state index contributed by atoms with van der Waals surface area (Å²) in [6.07, 6.45) is 0.430. The van der Waals surface area contributed by atoms with Gasteiger partial charge in [0.15, 0.2) is 5.78 Å². The van der Waals surface area contributed by atoms with Crippen LogP contribution in [0, 0.1) is 5.92 Å². The molecule has 0 fully saturated rings. The second-order valence-electron chi connectivity index (χ2n) is 5.32. The summed E-state index contributed by atoms with van der Waals surface area (Å²) in [5, 5.41) is 5.35. The average Bonchev–Trinajstić information content (AvgIpc) is 2.61. The molecule has 1 N–H and O–H groups in total. The van der Waals surface area contributed by atoms with E-state index in [4.69, 9.17) is 12.2 Å². The number of hydrogen-bond acceptors (Lipinski definition) is 3. The summed E-state index contributed by atoms with van der Waals surface area (Å²) in [5.41, 5.74) is 1.51. The summed E-state index contributed by atoms with van der Waals surface area (Å²) in [4.78, 5) is 24.9. The lowest BCUT2D eigenvalue weighted by Gasteiger charge is -2.19. The molecule has 23 heavy (non-hydrogen) atoms. The van der Waals surface area contributed by atoms with Gasteiger partial charge >= 0.3 is 0 Å². The van der Waals surface area contributed by atoms with Crippen LogP contribution in [0.4, 0.5) is 0 Å². The Labute approximate surface area is 141 Å². The SMILES string of the molecule is CC([C]=S)C(=O)C(Cc1ccccc1)NC(=O)c1ccccc1. The second-order valence-corrected chi connectivity index (χ2v) is 5.56. The Balaban J connectivity index is 2.17. The minimum absolute atomic E-state index is 0.131. The zero-order valence-corrected chi connectivity index (χ0v) is 13.7. The second kappa shape index (κ2) is 8.34. The zero-order valence-electron chi connectivity index (χ0n) is 12.9. The summed E-state index contributed by atoms with van der Waals surface area (Å²) >= 11 is 4.76. The highest BCUT2D eigenvalue weighted by Crippen LogP contribution is 2.09. The van der Waals surface area contributed by atoms with Crippen molar-refractivity contribution in [2.45, 2.75) is 19.4 Å². The standard InChI is InChI=1S/C19H18NO2S/c1-14(13-23)18(21)17(12-15-8-4-2-5-9-15)20-19(22)16-10-6-3-7-11-16/h2-11,14,17H,12H2,1H3,(H,20,22).